The molecule has 0 fully saturated rings. The van der Waals surface area contributed by atoms with Crippen molar-refractivity contribution >= 4 is 34.9 Å². The molecular formula is C15H15N3O4S. The van der Waals surface area contributed by atoms with Crippen LogP contribution in [0.4, 0.5) is 17.2 Å². The number of pyridine rings is 1. The Labute approximate surface area is 137 Å². The van der Waals surface area contributed by atoms with E-state index < -0.39 is 10.9 Å². The minimum absolute atomic E-state index is 0.0278. The Morgan fingerprint density at radius 3 is 2.65 bits per heavy atom. The van der Waals surface area contributed by atoms with Crippen LogP contribution in [0.1, 0.15) is 15.9 Å². The molecule has 0 radical (unpaired) electrons. The second kappa shape index (κ2) is 7.59. The molecule has 23 heavy (non-hydrogen) atoms. The summed E-state index contributed by atoms with van der Waals surface area (Å²) in [5, 5.41) is 14.1. The van der Waals surface area contributed by atoms with Gasteiger partial charge in [-0.1, -0.05) is 12.1 Å². The minimum Gasteiger partial charge on any atom is -0.465 e. The number of hydrogen-bond acceptors (Lipinski definition) is 7. The Hall–Kier alpha value is -2.61. The van der Waals surface area contributed by atoms with Gasteiger partial charge >= 0.3 is 11.7 Å². The number of ether oxygens (including phenoxy) is 1. The predicted octanol–water partition coefficient (Wildman–Crippen LogP) is 3.38. The van der Waals surface area contributed by atoms with Crippen LogP contribution in [0.3, 0.4) is 0 Å². The summed E-state index contributed by atoms with van der Waals surface area (Å²) in [6.45, 7) is 0. The quantitative estimate of drug-likeness (QED) is 0.492. The van der Waals surface area contributed by atoms with E-state index in [1.54, 1.807) is 11.8 Å². The van der Waals surface area contributed by atoms with E-state index in [1.807, 2.05) is 30.5 Å². The summed E-state index contributed by atoms with van der Waals surface area (Å²) in [6.07, 6.45) is 3.26. The van der Waals surface area contributed by atoms with Gasteiger partial charge in [0.25, 0.3) is 0 Å². The average Bonchev–Trinajstić information content (AvgIpc) is 2.56. The number of hydrogen-bond donors (Lipinski definition) is 1. The second-order valence-corrected chi connectivity index (χ2v) is 5.46. The fraction of sp³-hybridized carbons (Fsp3) is 0.200. The molecule has 2 rings (SSSR count). The molecule has 0 aliphatic heterocycles. The molecule has 0 aliphatic rings. The standard InChI is InChI=1S/C15H15N3O4S/c1-22-15(19)11-7-13(18(20)21)14(16-8-11)17-12-5-3-10(4-6-12)9-23-2/h3-8H,9H2,1-2H3,(H,16,17). The summed E-state index contributed by atoms with van der Waals surface area (Å²) in [7, 11) is 1.20. The van der Waals surface area contributed by atoms with Crippen LogP contribution in [-0.2, 0) is 10.5 Å². The number of nitro groups is 1. The number of rotatable bonds is 6. The molecule has 0 amide bonds. The lowest BCUT2D eigenvalue weighted by Gasteiger charge is -2.08. The van der Waals surface area contributed by atoms with Gasteiger partial charge in [0.2, 0.25) is 5.82 Å². The first kappa shape index (κ1) is 16.8. The fourth-order valence-electron chi connectivity index (χ4n) is 1.91. The third kappa shape index (κ3) is 4.19. The molecule has 1 aromatic carbocycles. The first-order valence-electron chi connectivity index (χ1n) is 6.62. The lowest BCUT2D eigenvalue weighted by atomic mass is 10.2. The van der Waals surface area contributed by atoms with Crippen molar-refractivity contribution in [3.05, 3.63) is 57.8 Å². The number of carbonyl (C=O) groups is 1. The van der Waals surface area contributed by atoms with E-state index in [9.17, 15) is 14.9 Å². The van der Waals surface area contributed by atoms with Crippen molar-refractivity contribution in [2.24, 2.45) is 0 Å². The summed E-state index contributed by atoms with van der Waals surface area (Å²) >= 11 is 1.71. The van der Waals surface area contributed by atoms with Crippen LogP contribution in [0.15, 0.2) is 36.5 Å². The van der Waals surface area contributed by atoms with Crippen LogP contribution >= 0.6 is 11.8 Å². The maximum atomic E-state index is 11.4. The van der Waals surface area contributed by atoms with Gasteiger partial charge in [-0.05, 0) is 24.0 Å². The maximum absolute atomic E-state index is 11.4. The lowest BCUT2D eigenvalue weighted by molar-refractivity contribution is -0.384. The largest absolute Gasteiger partial charge is 0.465 e. The fourth-order valence-corrected chi connectivity index (χ4v) is 2.43. The molecule has 0 atom stereocenters. The first-order valence-corrected chi connectivity index (χ1v) is 8.02. The first-order chi connectivity index (χ1) is 11.0. The van der Waals surface area contributed by atoms with Crippen molar-refractivity contribution in [3.63, 3.8) is 0 Å². The SMILES string of the molecule is COC(=O)c1cnc(Nc2ccc(CSC)cc2)c([N+](=O)[O-])c1. The summed E-state index contributed by atoms with van der Waals surface area (Å²) < 4.78 is 4.54. The number of thioether (sulfide) groups is 1. The van der Waals surface area contributed by atoms with Crippen LogP contribution in [0.25, 0.3) is 0 Å². The van der Waals surface area contributed by atoms with Gasteiger partial charge in [-0.3, -0.25) is 10.1 Å². The smallest absolute Gasteiger partial charge is 0.339 e. The molecule has 2 aromatic rings. The monoisotopic (exact) mass is 333 g/mol. The average molecular weight is 333 g/mol. The molecule has 0 aliphatic carbocycles. The highest BCUT2D eigenvalue weighted by molar-refractivity contribution is 7.97. The van der Waals surface area contributed by atoms with Gasteiger partial charge in [0.05, 0.1) is 17.6 Å². The molecule has 0 unspecified atom stereocenters. The molecular weight excluding hydrogens is 318 g/mol. The number of nitrogens with zero attached hydrogens (tertiary/aromatic N) is 2. The molecule has 1 aromatic heterocycles. The van der Waals surface area contributed by atoms with Crippen molar-refractivity contribution in [1.82, 2.24) is 4.98 Å². The lowest BCUT2D eigenvalue weighted by Crippen LogP contribution is -2.06. The number of anilines is 2. The van der Waals surface area contributed by atoms with Crippen molar-refractivity contribution in [1.29, 1.82) is 0 Å². The van der Waals surface area contributed by atoms with Gasteiger partial charge in [0, 0.05) is 23.7 Å². The van der Waals surface area contributed by atoms with Gasteiger partial charge in [0.1, 0.15) is 0 Å². The summed E-state index contributed by atoms with van der Waals surface area (Å²) in [4.78, 5) is 26.0. The molecule has 0 saturated carbocycles. The Morgan fingerprint density at radius 2 is 2.09 bits per heavy atom. The van der Waals surface area contributed by atoms with Crippen LogP contribution in [0.5, 0.6) is 0 Å². The van der Waals surface area contributed by atoms with Gasteiger partial charge in [0.15, 0.2) is 0 Å². The van der Waals surface area contributed by atoms with E-state index in [4.69, 9.17) is 0 Å². The number of benzene rings is 1. The zero-order chi connectivity index (χ0) is 16.8. The number of aromatic nitrogens is 1. The van der Waals surface area contributed by atoms with Crippen LogP contribution < -0.4 is 5.32 Å². The third-order valence-electron chi connectivity index (χ3n) is 3.01. The number of esters is 1. The predicted molar refractivity (Wildman–Crippen MR) is 89.2 cm³/mol. The molecule has 0 spiro atoms. The molecule has 1 heterocycles. The Morgan fingerprint density at radius 1 is 1.39 bits per heavy atom. The van der Waals surface area contributed by atoms with Gasteiger partial charge in [-0.15, -0.1) is 0 Å². The topological polar surface area (TPSA) is 94.4 Å². The van der Waals surface area contributed by atoms with Crippen LogP contribution in [-0.4, -0.2) is 29.2 Å². The van der Waals surface area contributed by atoms with Gasteiger partial charge < -0.3 is 10.1 Å². The number of nitrogens with one attached hydrogen (secondary N) is 1. The highest BCUT2D eigenvalue weighted by Crippen LogP contribution is 2.26. The molecule has 8 heteroatoms. The van der Waals surface area contributed by atoms with E-state index in [0.29, 0.717) is 5.69 Å². The van der Waals surface area contributed by atoms with Crippen molar-refractivity contribution in [3.8, 4) is 0 Å². The molecule has 1 N–H and O–H groups in total. The Balaban J connectivity index is 2.28. The zero-order valence-corrected chi connectivity index (χ0v) is 13.4. The van der Waals surface area contributed by atoms with E-state index in [2.05, 4.69) is 15.0 Å². The molecule has 0 saturated heterocycles. The van der Waals surface area contributed by atoms with Crippen molar-refractivity contribution in [2.45, 2.75) is 5.75 Å². The summed E-state index contributed by atoms with van der Waals surface area (Å²) in [6, 6.07) is 8.67. The van der Waals surface area contributed by atoms with E-state index in [1.165, 1.54) is 13.3 Å². The normalized spacial score (nSPS) is 10.2. The highest BCUT2D eigenvalue weighted by atomic mass is 32.2. The zero-order valence-electron chi connectivity index (χ0n) is 12.6. The second-order valence-electron chi connectivity index (χ2n) is 4.60. The highest BCUT2D eigenvalue weighted by Gasteiger charge is 2.19. The third-order valence-corrected chi connectivity index (χ3v) is 3.64. The van der Waals surface area contributed by atoms with Gasteiger partial charge in [-0.25, -0.2) is 9.78 Å². The molecule has 120 valence electrons. The minimum atomic E-state index is -0.673. The van der Waals surface area contributed by atoms with Crippen molar-refractivity contribution in [2.75, 3.05) is 18.7 Å². The number of methoxy groups -OCH3 is 1. The van der Waals surface area contributed by atoms with Crippen molar-refractivity contribution < 1.29 is 14.5 Å². The Bertz CT molecular complexity index is 719. The van der Waals surface area contributed by atoms with Crippen LogP contribution in [0.2, 0.25) is 0 Å². The van der Waals surface area contributed by atoms with E-state index >= 15 is 0 Å². The van der Waals surface area contributed by atoms with E-state index in [0.717, 1.165) is 17.4 Å². The summed E-state index contributed by atoms with van der Waals surface area (Å²) in [5.41, 5.74) is 1.57. The van der Waals surface area contributed by atoms with Crippen LogP contribution in [0, 0.1) is 10.1 Å². The maximum Gasteiger partial charge on any atom is 0.339 e. The summed E-state index contributed by atoms with van der Waals surface area (Å²) in [5.74, 6) is 0.292. The number of carbonyl (C=O) groups excluding carboxylic acids is 1. The van der Waals surface area contributed by atoms with E-state index in [-0.39, 0.29) is 17.1 Å². The molecule has 7 nitrogen and oxygen atoms in total. The van der Waals surface area contributed by atoms with Gasteiger partial charge in [-0.2, -0.15) is 11.8 Å². The molecule has 0 bridgehead atoms. The Kier molecular flexibility index (Phi) is 5.53.